The van der Waals surface area contributed by atoms with Crippen LogP contribution in [0.25, 0.3) is 0 Å². The Morgan fingerprint density at radius 3 is 2.43 bits per heavy atom. The average Bonchev–Trinajstić information content (AvgIpc) is 2.47. The maximum atomic E-state index is 12.0. The van der Waals surface area contributed by atoms with E-state index in [-0.39, 0.29) is 18.0 Å². The van der Waals surface area contributed by atoms with Crippen LogP contribution >= 0.6 is 0 Å². The Hall–Kier alpha value is -1.44. The first kappa shape index (κ1) is 17.6. The van der Waals surface area contributed by atoms with Crippen LogP contribution < -0.4 is 4.72 Å². The van der Waals surface area contributed by atoms with E-state index in [0.717, 1.165) is 0 Å². The Balaban J connectivity index is 2.69. The zero-order chi connectivity index (χ0) is 15.9. The Labute approximate surface area is 125 Å². The third kappa shape index (κ3) is 5.45. The highest BCUT2D eigenvalue weighted by Crippen LogP contribution is 2.11. The van der Waals surface area contributed by atoms with Crippen molar-refractivity contribution >= 4 is 16.0 Å². The molecule has 1 aromatic rings. The number of hydrogen-bond acceptors (Lipinski definition) is 5. The fraction of sp³-hybridized carbons (Fsp3) is 0.500. The van der Waals surface area contributed by atoms with Gasteiger partial charge in [0.15, 0.2) is 0 Å². The number of aliphatic hydroxyl groups is 1. The van der Waals surface area contributed by atoms with Crippen molar-refractivity contribution in [1.82, 2.24) is 4.72 Å². The lowest BCUT2D eigenvalue weighted by atomic mass is 10.2. The number of ether oxygens (including phenoxy) is 1. The molecule has 1 unspecified atom stereocenters. The molecule has 1 aromatic carbocycles. The largest absolute Gasteiger partial charge is 0.462 e. The molecule has 2 N–H and O–H groups in total. The van der Waals surface area contributed by atoms with E-state index < -0.39 is 22.1 Å². The lowest BCUT2D eigenvalue weighted by molar-refractivity contribution is 0.0526. The van der Waals surface area contributed by atoms with Gasteiger partial charge in [-0.25, -0.2) is 17.9 Å². The predicted molar refractivity (Wildman–Crippen MR) is 78.5 cm³/mol. The monoisotopic (exact) mass is 315 g/mol. The summed E-state index contributed by atoms with van der Waals surface area (Å²) < 4.78 is 31.2. The first-order valence-electron chi connectivity index (χ1n) is 6.85. The van der Waals surface area contributed by atoms with Crippen LogP contribution in [-0.2, 0) is 14.8 Å². The highest BCUT2D eigenvalue weighted by atomic mass is 32.2. The van der Waals surface area contributed by atoms with Crippen LogP contribution in [0.2, 0.25) is 0 Å². The van der Waals surface area contributed by atoms with Crippen LogP contribution in [0.3, 0.4) is 0 Å². The summed E-state index contributed by atoms with van der Waals surface area (Å²) in [6, 6.07) is 5.52. The second-order valence-electron chi connectivity index (χ2n) is 4.49. The molecule has 0 spiro atoms. The SMILES string of the molecule is CCOC(=O)c1ccc(S(=O)(=O)NCCC(O)CC)cc1. The van der Waals surface area contributed by atoms with Gasteiger partial charge in [0, 0.05) is 6.54 Å². The lowest BCUT2D eigenvalue weighted by Gasteiger charge is -2.10. The van der Waals surface area contributed by atoms with Gasteiger partial charge in [0.05, 0.1) is 23.2 Å². The van der Waals surface area contributed by atoms with Gasteiger partial charge in [-0.3, -0.25) is 0 Å². The van der Waals surface area contributed by atoms with E-state index in [4.69, 9.17) is 4.74 Å². The van der Waals surface area contributed by atoms with Crippen molar-refractivity contribution in [1.29, 1.82) is 0 Å². The second kappa shape index (κ2) is 8.11. The van der Waals surface area contributed by atoms with Crippen molar-refractivity contribution in [2.24, 2.45) is 0 Å². The van der Waals surface area contributed by atoms with Gasteiger partial charge in [0.25, 0.3) is 0 Å². The predicted octanol–water partition coefficient (Wildman–Crippen LogP) is 1.30. The summed E-state index contributed by atoms with van der Waals surface area (Å²) >= 11 is 0. The molecule has 0 heterocycles. The van der Waals surface area contributed by atoms with Crippen molar-refractivity contribution in [2.45, 2.75) is 37.7 Å². The van der Waals surface area contributed by atoms with E-state index >= 15 is 0 Å². The zero-order valence-corrected chi connectivity index (χ0v) is 13.0. The molecule has 118 valence electrons. The number of carbonyl (C=O) groups is 1. The van der Waals surface area contributed by atoms with E-state index in [1.807, 2.05) is 6.92 Å². The van der Waals surface area contributed by atoms with Crippen molar-refractivity contribution in [3.8, 4) is 0 Å². The van der Waals surface area contributed by atoms with Crippen molar-refractivity contribution < 1.29 is 23.1 Å². The quantitative estimate of drug-likeness (QED) is 0.705. The number of sulfonamides is 1. The van der Waals surface area contributed by atoms with Gasteiger partial charge >= 0.3 is 5.97 Å². The van der Waals surface area contributed by atoms with E-state index in [1.54, 1.807) is 6.92 Å². The minimum absolute atomic E-state index is 0.0709. The molecule has 6 nitrogen and oxygen atoms in total. The van der Waals surface area contributed by atoms with Gasteiger partial charge in [0.2, 0.25) is 10.0 Å². The standard InChI is InChI=1S/C14H21NO5S/c1-3-12(16)9-10-15-21(18,19)13-7-5-11(6-8-13)14(17)20-4-2/h5-8,12,15-16H,3-4,9-10H2,1-2H3. The summed E-state index contributed by atoms with van der Waals surface area (Å²) in [6.07, 6.45) is 0.422. The number of carbonyl (C=O) groups excluding carboxylic acids is 1. The van der Waals surface area contributed by atoms with Crippen molar-refractivity contribution in [3.63, 3.8) is 0 Å². The van der Waals surface area contributed by atoms with E-state index in [9.17, 15) is 18.3 Å². The summed E-state index contributed by atoms with van der Waals surface area (Å²) in [4.78, 5) is 11.5. The maximum Gasteiger partial charge on any atom is 0.338 e. The van der Waals surface area contributed by atoms with Gasteiger partial charge in [-0.15, -0.1) is 0 Å². The Kier molecular flexibility index (Phi) is 6.80. The van der Waals surface area contributed by atoms with Crippen LogP contribution in [0.1, 0.15) is 37.0 Å². The third-order valence-electron chi connectivity index (χ3n) is 2.92. The molecular formula is C14H21NO5S. The lowest BCUT2D eigenvalue weighted by Crippen LogP contribution is -2.27. The highest BCUT2D eigenvalue weighted by Gasteiger charge is 2.15. The van der Waals surface area contributed by atoms with Gasteiger partial charge in [-0.1, -0.05) is 6.92 Å². The minimum Gasteiger partial charge on any atom is -0.462 e. The molecule has 1 rings (SSSR count). The molecule has 0 aliphatic carbocycles. The Morgan fingerprint density at radius 2 is 1.90 bits per heavy atom. The maximum absolute atomic E-state index is 12.0. The molecule has 7 heteroatoms. The second-order valence-corrected chi connectivity index (χ2v) is 6.26. The topological polar surface area (TPSA) is 92.7 Å². The number of esters is 1. The third-order valence-corrected chi connectivity index (χ3v) is 4.39. The molecule has 0 bridgehead atoms. The van der Waals surface area contributed by atoms with Crippen molar-refractivity contribution in [3.05, 3.63) is 29.8 Å². The number of benzene rings is 1. The normalized spacial score (nSPS) is 12.9. The first-order chi connectivity index (χ1) is 9.90. The van der Waals surface area contributed by atoms with E-state index in [2.05, 4.69) is 4.72 Å². The van der Waals surface area contributed by atoms with Gasteiger partial charge in [-0.2, -0.15) is 0 Å². The minimum atomic E-state index is -3.63. The highest BCUT2D eigenvalue weighted by molar-refractivity contribution is 7.89. The van der Waals surface area contributed by atoms with Crippen molar-refractivity contribution in [2.75, 3.05) is 13.2 Å². The molecule has 21 heavy (non-hydrogen) atoms. The number of rotatable bonds is 8. The van der Waals surface area contributed by atoms with Gasteiger partial charge in [0.1, 0.15) is 0 Å². The molecule has 0 amide bonds. The molecule has 0 saturated heterocycles. The molecule has 0 radical (unpaired) electrons. The van der Waals surface area contributed by atoms with Crippen LogP contribution in [0.4, 0.5) is 0 Å². The summed E-state index contributed by atoms with van der Waals surface area (Å²) in [5.74, 6) is -0.486. The fourth-order valence-electron chi connectivity index (χ4n) is 1.63. The Morgan fingerprint density at radius 1 is 1.29 bits per heavy atom. The van der Waals surface area contributed by atoms with Crippen LogP contribution in [0.5, 0.6) is 0 Å². The molecule has 0 aliphatic rings. The van der Waals surface area contributed by atoms with Crippen LogP contribution in [-0.4, -0.2) is 38.7 Å². The smallest absolute Gasteiger partial charge is 0.338 e. The van der Waals surface area contributed by atoms with Crippen LogP contribution in [0.15, 0.2) is 29.2 Å². The summed E-state index contributed by atoms with van der Waals surface area (Å²) in [5.41, 5.74) is 0.303. The van der Waals surface area contributed by atoms with Crippen LogP contribution in [0, 0.1) is 0 Å². The summed E-state index contributed by atoms with van der Waals surface area (Å²) in [5, 5.41) is 9.39. The Bertz CT molecular complexity index is 553. The molecule has 0 aliphatic heterocycles. The van der Waals surface area contributed by atoms with Gasteiger partial charge < -0.3 is 9.84 Å². The van der Waals surface area contributed by atoms with Gasteiger partial charge in [-0.05, 0) is 44.0 Å². The summed E-state index contributed by atoms with van der Waals surface area (Å²) in [6.45, 7) is 3.95. The average molecular weight is 315 g/mol. The zero-order valence-electron chi connectivity index (χ0n) is 12.2. The molecule has 0 fully saturated rings. The molecule has 1 atom stereocenters. The molecular weight excluding hydrogens is 294 g/mol. The number of nitrogens with one attached hydrogen (secondary N) is 1. The fourth-order valence-corrected chi connectivity index (χ4v) is 2.68. The number of aliphatic hydroxyl groups excluding tert-OH is 1. The molecule has 0 aromatic heterocycles. The molecule has 0 saturated carbocycles. The van der Waals surface area contributed by atoms with E-state index in [0.29, 0.717) is 18.4 Å². The first-order valence-corrected chi connectivity index (χ1v) is 8.34. The number of hydrogen-bond donors (Lipinski definition) is 2. The summed E-state index contributed by atoms with van der Waals surface area (Å²) in [7, 11) is -3.63. The van der Waals surface area contributed by atoms with E-state index in [1.165, 1.54) is 24.3 Å².